The molecule has 0 unspecified atom stereocenters. The summed E-state index contributed by atoms with van der Waals surface area (Å²) in [5.41, 5.74) is 6.13. The van der Waals surface area contributed by atoms with E-state index < -0.39 is 0 Å². The van der Waals surface area contributed by atoms with Crippen molar-refractivity contribution in [1.82, 2.24) is 25.3 Å². The van der Waals surface area contributed by atoms with Gasteiger partial charge in [-0.05, 0) is 37.6 Å². The number of aromatic nitrogens is 4. The molecule has 0 saturated carbocycles. The fraction of sp³-hybridized carbons (Fsp3) is 0.240. The number of rotatable bonds is 6. The summed E-state index contributed by atoms with van der Waals surface area (Å²) in [6.45, 7) is 6.66. The fourth-order valence-electron chi connectivity index (χ4n) is 3.72. The monoisotopic (exact) mass is 460 g/mol. The lowest BCUT2D eigenvalue weighted by Gasteiger charge is -2.17. The summed E-state index contributed by atoms with van der Waals surface area (Å²) < 4.78 is 0. The fourth-order valence-corrected chi connectivity index (χ4v) is 3.72. The molecule has 4 aromatic rings. The molecule has 0 spiro atoms. The van der Waals surface area contributed by atoms with Crippen LogP contribution in [0.1, 0.15) is 40.2 Å². The van der Waals surface area contributed by atoms with Gasteiger partial charge < -0.3 is 10.6 Å². The Hall–Kier alpha value is -3.52. The average molecular weight is 461 g/mol. The molecular weight excluding hydrogens is 432 g/mol. The Morgan fingerprint density at radius 3 is 2.58 bits per heavy atom. The van der Waals surface area contributed by atoms with Crippen molar-refractivity contribution >= 4 is 36.1 Å². The molecule has 3 aromatic heterocycles. The summed E-state index contributed by atoms with van der Waals surface area (Å²) in [4.78, 5) is 30.2. The van der Waals surface area contributed by atoms with Crippen molar-refractivity contribution in [1.29, 1.82) is 0 Å². The number of nitrogens with zero attached hydrogens (tertiary/aromatic N) is 4. The lowest BCUT2D eigenvalue weighted by molar-refractivity contribution is 0.0964. The van der Waals surface area contributed by atoms with Crippen LogP contribution >= 0.6 is 13.5 Å². The molecule has 0 aliphatic rings. The van der Waals surface area contributed by atoms with E-state index in [1.165, 1.54) is 0 Å². The number of amides is 1. The van der Waals surface area contributed by atoms with Crippen molar-refractivity contribution in [2.45, 2.75) is 26.7 Å². The van der Waals surface area contributed by atoms with Crippen LogP contribution in [0.2, 0.25) is 0 Å². The van der Waals surface area contributed by atoms with Gasteiger partial charge in [0, 0.05) is 54.1 Å². The van der Waals surface area contributed by atoms with Crippen LogP contribution in [0.3, 0.4) is 0 Å². The molecule has 3 heterocycles. The van der Waals surface area contributed by atoms with Crippen LogP contribution in [-0.2, 0) is 0 Å². The number of carbonyl (C=O) groups is 1. The zero-order chi connectivity index (χ0) is 22.7. The highest BCUT2D eigenvalue weighted by atomic mass is 32.1. The highest BCUT2D eigenvalue weighted by Crippen LogP contribution is 2.28. The zero-order valence-corrected chi connectivity index (χ0v) is 20.2. The van der Waals surface area contributed by atoms with E-state index in [2.05, 4.69) is 38.6 Å². The van der Waals surface area contributed by atoms with Gasteiger partial charge in [0.15, 0.2) is 0 Å². The largest absolute Gasteiger partial charge is 0.369 e. The first-order valence-corrected chi connectivity index (χ1v) is 10.6. The molecule has 0 radical (unpaired) electrons. The Morgan fingerprint density at radius 1 is 1.03 bits per heavy atom. The molecule has 0 aliphatic heterocycles. The van der Waals surface area contributed by atoms with Gasteiger partial charge in [-0.1, -0.05) is 25.1 Å². The minimum absolute atomic E-state index is 0. The quantitative estimate of drug-likeness (QED) is 0.443. The van der Waals surface area contributed by atoms with Gasteiger partial charge in [-0.25, -0.2) is 9.97 Å². The Kier molecular flexibility index (Phi) is 7.60. The molecule has 0 fully saturated rings. The summed E-state index contributed by atoms with van der Waals surface area (Å²) >= 11 is 0. The zero-order valence-electron chi connectivity index (χ0n) is 19.2. The Bertz CT molecular complexity index is 1280. The van der Waals surface area contributed by atoms with Gasteiger partial charge in [-0.2, -0.15) is 13.5 Å². The Morgan fingerprint density at radius 2 is 1.85 bits per heavy atom. The molecule has 8 heteroatoms. The van der Waals surface area contributed by atoms with Crippen LogP contribution in [0.15, 0.2) is 55.0 Å². The smallest absolute Gasteiger partial charge is 0.251 e. The number of hydrogen-bond donors (Lipinski definition) is 2. The number of benzene rings is 1. The van der Waals surface area contributed by atoms with Crippen molar-refractivity contribution in [3.63, 3.8) is 0 Å². The summed E-state index contributed by atoms with van der Waals surface area (Å²) in [5.74, 6) is 0.783. The highest BCUT2D eigenvalue weighted by Gasteiger charge is 2.16. The van der Waals surface area contributed by atoms with E-state index in [9.17, 15) is 4.79 Å². The first kappa shape index (κ1) is 24.1. The number of anilines is 1. The number of hydrogen-bond acceptors (Lipinski definition) is 6. The molecule has 2 N–H and O–H groups in total. The second kappa shape index (κ2) is 10.4. The van der Waals surface area contributed by atoms with E-state index in [4.69, 9.17) is 4.98 Å². The molecule has 4 rings (SSSR count). The van der Waals surface area contributed by atoms with E-state index in [1.807, 2.05) is 56.4 Å². The highest BCUT2D eigenvalue weighted by molar-refractivity contribution is 7.59. The summed E-state index contributed by atoms with van der Waals surface area (Å²) in [6.07, 6.45) is 3.37. The first-order valence-electron chi connectivity index (χ1n) is 10.6. The van der Waals surface area contributed by atoms with Crippen molar-refractivity contribution < 1.29 is 4.79 Å². The van der Waals surface area contributed by atoms with E-state index in [1.54, 1.807) is 13.4 Å². The topological polar surface area (TPSA) is 92.7 Å². The number of carbonyl (C=O) groups excluding carboxylic acids is 1. The minimum atomic E-state index is -0.109. The summed E-state index contributed by atoms with van der Waals surface area (Å²) in [6, 6.07) is 13.7. The van der Waals surface area contributed by atoms with Gasteiger partial charge in [0.05, 0.1) is 16.8 Å². The third kappa shape index (κ3) is 5.28. The predicted molar refractivity (Wildman–Crippen MR) is 137 cm³/mol. The molecular formula is C25H28N6OS. The van der Waals surface area contributed by atoms with Gasteiger partial charge in [0.2, 0.25) is 0 Å². The normalized spacial score (nSPS) is 11.5. The number of nitrogens with one attached hydrogen (secondary N) is 2. The number of para-hydroxylation sites is 1. The van der Waals surface area contributed by atoms with Crippen LogP contribution in [-0.4, -0.2) is 39.4 Å². The first-order chi connectivity index (χ1) is 15.5. The molecule has 1 aromatic carbocycles. The van der Waals surface area contributed by atoms with Gasteiger partial charge in [-0.3, -0.25) is 14.8 Å². The van der Waals surface area contributed by atoms with Crippen molar-refractivity contribution in [2.75, 3.05) is 18.9 Å². The number of aryl methyl sites for hydroxylation is 2. The number of fused-ring (bicyclic) bond motifs is 1. The summed E-state index contributed by atoms with van der Waals surface area (Å²) in [5, 5.41) is 6.99. The number of pyridine rings is 2. The van der Waals surface area contributed by atoms with Gasteiger partial charge in [0.1, 0.15) is 12.1 Å². The van der Waals surface area contributed by atoms with Crippen molar-refractivity contribution in [3.05, 3.63) is 77.5 Å². The van der Waals surface area contributed by atoms with Crippen LogP contribution in [0.5, 0.6) is 0 Å². The van der Waals surface area contributed by atoms with Crippen molar-refractivity contribution in [2.24, 2.45) is 0 Å². The third-order valence-corrected chi connectivity index (χ3v) is 5.46. The van der Waals surface area contributed by atoms with E-state index in [0.29, 0.717) is 12.1 Å². The molecule has 1 atom stereocenters. The van der Waals surface area contributed by atoms with Crippen LogP contribution < -0.4 is 10.6 Å². The van der Waals surface area contributed by atoms with Crippen LogP contribution in [0.4, 0.5) is 5.82 Å². The van der Waals surface area contributed by atoms with E-state index >= 15 is 0 Å². The maximum Gasteiger partial charge on any atom is 0.251 e. The molecule has 33 heavy (non-hydrogen) atoms. The lowest BCUT2D eigenvalue weighted by atomic mass is 9.95. The van der Waals surface area contributed by atoms with Crippen LogP contribution in [0.25, 0.3) is 22.2 Å². The summed E-state index contributed by atoms with van der Waals surface area (Å²) in [7, 11) is 1.64. The molecule has 7 nitrogen and oxygen atoms in total. The van der Waals surface area contributed by atoms with E-state index in [0.717, 1.165) is 44.9 Å². The maximum atomic E-state index is 12.4. The van der Waals surface area contributed by atoms with Crippen molar-refractivity contribution in [3.8, 4) is 11.3 Å². The predicted octanol–water partition coefficient (Wildman–Crippen LogP) is 4.39. The lowest BCUT2D eigenvalue weighted by Crippen LogP contribution is -2.19. The Labute approximate surface area is 200 Å². The molecule has 170 valence electrons. The molecule has 0 aliphatic carbocycles. The maximum absolute atomic E-state index is 12.4. The van der Waals surface area contributed by atoms with Gasteiger partial charge in [0.25, 0.3) is 5.91 Å². The molecule has 0 bridgehead atoms. The van der Waals surface area contributed by atoms with E-state index in [-0.39, 0.29) is 25.3 Å². The Balaban J connectivity index is 0.00000306. The minimum Gasteiger partial charge on any atom is -0.369 e. The SMILES string of the molecule is CNC(=O)c1cc(C)nc2c([C@H](C)CNc3cc(-c4ccc(C)nc4)ncn3)cccc12.S. The second-order valence-electron chi connectivity index (χ2n) is 7.89. The third-order valence-electron chi connectivity index (χ3n) is 5.46. The standard InChI is InChI=1S/C25H26N6O.H2S/c1-15(12-28-23-11-22(29-14-30-23)18-9-8-16(2)27-13-18)19-6-5-7-20-21(25(32)26-4)10-17(3)31-24(19)20;/h5-11,13-15H,12H2,1-4H3,(H,26,32)(H,28,29,30);1H2/t15-;/m1./s1. The van der Waals surface area contributed by atoms with Gasteiger partial charge in [-0.15, -0.1) is 0 Å². The van der Waals surface area contributed by atoms with Crippen LogP contribution in [0, 0.1) is 13.8 Å². The molecule has 1 amide bonds. The van der Waals surface area contributed by atoms with Gasteiger partial charge >= 0.3 is 0 Å². The molecule has 0 saturated heterocycles. The second-order valence-corrected chi connectivity index (χ2v) is 7.89. The average Bonchev–Trinajstić information content (AvgIpc) is 2.81.